The molecule has 0 atom stereocenters. The van der Waals surface area contributed by atoms with Crippen molar-refractivity contribution in [1.29, 1.82) is 0 Å². The molecule has 0 amide bonds. The van der Waals surface area contributed by atoms with E-state index >= 15 is 0 Å². The monoisotopic (exact) mass is 181 g/mol. The van der Waals surface area contributed by atoms with Crippen molar-refractivity contribution in [3.8, 4) is 5.75 Å². The van der Waals surface area contributed by atoms with E-state index in [0.717, 1.165) is 5.82 Å². The minimum absolute atomic E-state index is 0.0265. The molecule has 0 aliphatic rings. The van der Waals surface area contributed by atoms with Gasteiger partial charge in [-0.1, -0.05) is 20.8 Å². The Morgan fingerprint density at radius 1 is 1.31 bits per heavy atom. The highest BCUT2D eigenvalue weighted by Crippen LogP contribution is 2.18. The Morgan fingerprint density at radius 2 is 1.85 bits per heavy atom. The highest BCUT2D eigenvalue weighted by molar-refractivity contribution is 5.14. The van der Waals surface area contributed by atoms with E-state index in [1.54, 1.807) is 12.4 Å². The van der Waals surface area contributed by atoms with Gasteiger partial charge in [0.15, 0.2) is 5.75 Å². The Hall–Kier alpha value is -1.16. The SMILES string of the molecule is CC(C)(C)c1ncc(OCN)cn1. The van der Waals surface area contributed by atoms with Crippen molar-refractivity contribution in [2.75, 3.05) is 6.73 Å². The predicted octanol–water partition coefficient (Wildman–Crippen LogP) is 1.07. The summed E-state index contributed by atoms with van der Waals surface area (Å²) in [6.07, 6.45) is 3.28. The van der Waals surface area contributed by atoms with Crippen molar-refractivity contribution < 1.29 is 4.74 Å². The van der Waals surface area contributed by atoms with Gasteiger partial charge in [-0.25, -0.2) is 9.97 Å². The van der Waals surface area contributed by atoms with E-state index in [9.17, 15) is 0 Å². The van der Waals surface area contributed by atoms with Gasteiger partial charge >= 0.3 is 0 Å². The molecule has 4 nitrogen and oxygen atoms in total. The lowest BCUT2D eigenvalue weighted by Gasteiger charge is -2.15. The first kappa shape index (κ1) is 9.92. The topological polar surface area (TPSA) is 61.0 Å². The molecule has 4 heteroatoms. The molecule has 0 radical (unpaired) electrons. The molecule has 0 saturated heterocycles. The van der Waals surface area contributed by atoms with E-state index in [1.165, 1.54) is 0 Å². The zero-order chi connectivity index (χ0) is 9.90. The lowest BCUT2D eigenvalue weighted by atomic mass is 9.96. The normalized spacial score (nSPS) is 11.4. The van der Waals surface area contributed by atoms with Crippen LogP contribution >= 0.6 is 0 Å². The van der Waals surface area contributed by atoms with E-state index in [-0.39, 0.29) is 12.1 Å². The summed E-state index contributed by atoms with van der Waals surface area (Å²) in [5.74, 6) is 1.41. The Morgan fingerprint density at radius 3 is 2.23 bits per heavy atom. The molecule has 1 heterocycles. The van der Waals surface area contributed by atoms with Gasteiger partial charge in [-0.15, -0.1) is 0 Å². The summed E-state index contributed by atoms with van der Waals surface area (Å²) in [5, 5.41) is 0. The molecule has 72 valence electrons. The number of hydrogen-bond donors (Lipinski definition) is 1. The van der Waals surface area contributed by atoms with E-state index in [1.807, 2.05) is 0 Å². The van der Waals surface area contributed by atoms with Gasteiger partial charge in [0, 0.05) is 5.41 Å². The summed E-state index contributed by atoms with van der Waals surface area (Å²) in [4.78, 5) is 8.35. The van der Waals surface area contributed by atoms with E-state index < -0.39 is 0 Å². The van der Waals surface area contributed by atoms with Crippen molar-refractivity contribution in [2.24, 2.45) is 5.73 Å². The van der Waals surface area contributed by atoms with Gasteiger partial charge in [0.1, 0.15) is 12.6 Å². The average molecular weight is 181 g/mol. The third-order valence-electron chi connectivity index (χ3n) is 1.55. The van der Waals surface area contributed by atoms with Crippen LogP contribution in [-0.4, -0.2) is 16.7 Å². The number of aromatic nitrogens is 2. The highest BCUT2D eigenvalue weighted by atomic mass is 16.5. The summed E-state index contributed by atoms with van der Waals surface area (Å²) in [7, 11) is 0. The largest absolute Gasteiger partial charge is 0.475 e. The zero-order valence-corrected chi connectivity index (χ0v) is 8.24. The third kappa shape index (κ3) is 2.66. The van der Waals surface area contributed by atoms with Gasteiger partial charge in [-0.3, -0.25) is 5.73 Å². The lowest BCUT2D eigenvalue weighted by molar-refractivity contribution is 0.325. The summed E-state index contributed by atoms with van der Waals surface area (Å²) in [6, 6.07) is 0. The summed E-state index contributed by atoms with van der Waals surface area (Å²) < 4.78 is 5.03. The van der Waals surface area contributed by atoms with E-state index in [4.69, 9.17) is 10.5 Å². The Kier molecular flexibility index (Phi) is 2.83. The fourth-order valence-electron chi connectivity index (χ4n) is 0.874. The van der Waals surface area contributed by atoms with Crippen LogP contribution in [0.4, 0.5) is 0 Å². The maximum absolute atomic E-state index is 5.21. The Bertz CT molecular complexity index is 263. The molecule has 1 aromatic rings. The van der Waals surface area contributed by atoms with Gasteiger partial charge < -0.3 is 4.74 Å². The van der Waals surface area contributed by atoms with Crippen LogP contribution in [-0.2, 0) is 5.41 Å². The van der Waals surface area contributed by atoms with Crippen molar-refractivity contribution in [3.05, 3.63) is 18.2 Å². The van der Waals surface area contributed by atoms with Crippen LogP contribution in [0.3, 0.4) is 0 Å². The van der Waals surface area contributed by atoms with Crippen LogP contribution < -0.4 is 10.5 Å². The molecular formula is C9H15N3O. The zero-order valence-electron chi connectivity index (χ0n) is 8.24. The van der Waals surface area contributed by atoms with Crippen molar-refractivity contribution in [1.82, 2.24) is 9.97 Å². The molecule has 2 N–H and O–H groups in total. The van der Waals surface area contributed by atoms with Gasteiger partial charge in [0.25, 0.3) is 0 Å². The van der Waals surface area contributed by atoms with Gasteiger partial charge in [-0.2, -0.15) is 0 Å². The summed E-state index contributed by atoms with van der Waals surface area (Å²) in [5.41, 5.74) is 5.18. The predicted molar refractivity (Wildman–Crippen MR) is 50.4 cm³/mol. The second-order valence-electron chi connectivity index (χ2n) is 3.80. The molecule has 0 bridgehead atoms. The second-order valence-corrected chi connectivity index (χ2v) is 3.80. The van der Waals surface area contributed by atoms with Crippen molar-refractivity contribution >= 4 is 0 Å². The molecule has 0 aliphatic heterocycles. The molecule has 0 aromatic carbocycles. The summed E-state index contributed by atoms with van der Waals surface area (Å²) in [6.45, 7) is 6.33. The Labute approximate surface area is 78.1 Å². The van der Waals surface area contributed by atoms with Crippen molar-refractivity contribution in [3.63, 3.8) is 0 Å². The molecule has 0 spiro atoms. The first-order valence-corrected chi connectivity index (χ1v) is 4.19. The average Bonchev–Trinajstić information content (AvgIpc) is 2.04. The van der Waals surface area contributed by atoms with E-state index in [2.05, 4.69) is 30.7 Å². The fraction of sp³-hybridized carbons (Fsp3) is 0.556. The number of ether oxygens (including phenoxy) is 1. The van der Waals surface area contributed by atoms with Gasteiger partial charge in [0.05, 0.1) is 12.4 Å². The standard InChI is InChI=1S/C9H15N3O/c1-9(2,3)8-11-4-7(5-12-8)13-6-10/h4-5H,6,10H2,1-3H3. The first-order chi connectivity index (χ1) is 6.04. The van der Waals surface area contributed by atoms with Gasteiger partial charge in [0.2, 0.25) is 0 Å². The number of hydrogen-bond acceptors (Lipinski definition) is 4. The Balaban J connectivity index is 2.81. The van der Waals surface area contributed by atoms with Crippen LogP contribution in [0.15, 0.2) is 12.4 Å². The van der Waals surface area contributed by atoms with E-state index in [0.29, 0.717) is 5.75 Å². The molecule has 13 heavy (non-hydrogen) atoms. The maximum atomic E-state index is 5.21. The lowest BCUT2D eigenvalue weighted by Crippen LogP contribution is -2.16. The third-order valence-corrected chi connectivity index (χ3v) is 1.55. The number of rotatable bonds is 2. The van der Waals surface area contributed by atoms with Gasteiger partial charge in [-0.05, 0) is 0 Å². The molecule has 0 unspecified atom stereocenters. The highest BCUT2D eigenvalue weighted by Gasteiger charge is 2.16. The quantitative estimate of drug-likeness (QED) is 0.693. The molecule has 0 fully saturated rings. The minimum atomic E-state index is -0.0265. The molecule has 1 aromatic heterocycles. The van der Waals surface area contributed by atoms with Crippen LogP contribution in [0, 0.1) is 0 Å². The van der Waals surface area contributed by atoms with Crippen molar-refractivity contribution in [2.45, 2.75) is 26.2 Å². The first-order valence-electron chi connectivity index (χ1n) is 4.19. The van der Waals surface area contributed by atoms with Crippen LogP contribution in [0.25, 0.3) is 0 Å². The summed E-state index contributed by atoms with van der Waals surface area (Å²) >= 11 is 0. The van der Waals surface area contributed by atoms with Crippen LogP contribution in [0.1, 0.15) is 26.6 Å². The molecule has 1 rings (SSSR count). The maximum Gasteiger partial charge on any atom is 0.157 e. The second kappa shape index (κ2) is 3.70. The molecule has 0 saturated carbocycles. The number of nitrogens with two attached hydrogens (primary N) is 1. The number of nitrogens with zero attached hydrogens (tertiary/aromatic N) is 2. The van der Waals surface area contributed by atoms with Crippen LogP contribution in [0.2, 0.25) is 0 Å². The van der Waals surface area contributed by atoms with Crippen LogP contribution in [0.5, 0.6) is 5.75 Å². The minimum Gasteiger partial charge on any atom is -0.475 e. The smallest absolute Gasteiger partial charge is 0.157 e. The molecule has 0 aliphatic carbocycles. The molecular weight excluding hydrogens is 166 g/mol. The fourth-order valence-corrected chi connectivity index (χ4v) is 0.874.